The quantitative estimate of drug-likeness (QED) is 0.253. The van der Waals surface area contributed by atoms with Crippen molar-refractivity contribution in [1.82, 2.24) is 34.0 Å². The Morgan fingerprint density at radius 1 is 0.980 bits per heavy atom. The Bertz CT molecular complexity index is 2120. The number of rotatable bonds is 8. The first-order chi connectivity index (χ1) is 24.0. The first kappa shape index (κ1) is 30.1. The third kappa shape index (κ3) is 5.19. The van der Waals surface area contributed by atoms with Crippen molar-refractivity contribution in [2.24, 2.45) is 23.5 Å². The van der Waals surface area contributed by atoms with Gasteiger partial charge in [0.05, 0.1) is 18.3 Å². The number of hydrogen-bond acceptors (Lipinski definition) is 9. The summed E-state index contributed by atoms with van der Waals surface area (Å²) < 4.78 is 10.7. The largest absolute Gasteiger partial charge is 0.494 e. The molecule has 2 N–H and O–H groups in total. The number of nitrogens with zero attached hydrogens (tertiary/aromatic N) is 9. The highest BCUT2D eigenvalue weighted by atomic mass is 16.5. The topological polar surface area (TPSA) is 144 Å². The van der Waals surface area contributed by atoms with E-state index in [-0.39, 0.29) is 23.8 Å². The smallest absolute Gasteiger partial charge is 0.254 e. The number of carbonyl (C=O) groups is 1. The van der Waals surface area contributed by atoms with Gasteiger partial charge in [-0.1, -0.05) is 0 Å². The highest BCUT2D eigenvalue weighted by Crippen LogP contribution is 2.41. The van der Waals surface area contributed by atoms with Crippen LogP contribution in [-0.4, -0.2) is 78.7 Å². The van der Waals surface area contributed by atoms with Crippen LogP contribution in [0.25, 0.3) is 33.6 Å². The first-order valence-corrected chi connectivity index (χ1v) is 17.6. The number of fused-ring (bicyclic) bond motifs is 4. The van der Waals surface area contributed by atoms with Gasteiger partial charge >= 0.3 is 0 Å². The van der Waals surface area contributed by atoms with Crippen LogP contribution in [-0.2, 0) is 13.1 Å². The Balaban J connectivity index is 1.11. The van der Waals surface area contributed by atoms with Crippen molar-refractivity contribution in [3.63, 3.8) is 0 Å². The lowest BCUT2D eigenvalue weighted by Crippen LogP contribution is -2.41. The van der Waals surface area contributed by atoms with Gasteiger partial charge in [-0.3, -0.25) is 4.79 Å². The van der Waals surface area contributed by atoms with E-state index in [1.165, 1.54) is 12.8 Å². The standard InChI is InChI=1S/C37H40N10O2/c1-49-30-17-26(37(48)46-21-25-6-7-28(46)33(25)39)15-27-34(30)47(20-23-9-13-44(14-10-23)32-8-12-40-31(18-38)43-32)36(42-27)29-16-24-3-2-11-41-35(24)45(29)19-22-4-5-22/h2-3,8,11-12,15-17,22-23,25,28,33H,4-7,9-10,13-14,19-21,39H2,1H3/t25?,28?,33-/m1/s1. The van der Waals surface area contributed by atoms with Crippen molar-refractivity contribution in [2.75, 3.05) is 31.6 Å². The molecule has 12 nitrogen and oxygen atoms in total. The molecule has 4 aliphatic rings. The number of amides is 1. The predicted octanol–water partition coefficient (Wildman–Crippen LogP) is 4.61. The Morgan fingerprint density at radius 3 is 2.53 bits per heavy atom. The summed E-state index contributed by atoms with van der Waals surface area (Å²) in [7, 11) is 1.68. The Hall–Kier alpha value is -5.02. The minimum Gasteiger partial charge on any atom is -0.494 e. The summed E-state index contributed by atoms with van der Waals surface area (Å²) in [4.78, 5) is 36.8. The Kier molecular flexibility index (Phi) is 7.27. The van der Waals surface area contributed by atoms with Crippen LogP contribution in [0.1, 0.15) is 54.7 Å². The molecule has 5 aromatic rings. The third-order valence-electron chi connectivity index (χ3n) is 11.3. The van der Waals surface area contributed by atoms with Gasteiger partial charge in [0.2, 0.25) is 5.82 Å². The SMILES string of the molecule is COc1cc(C(=O)N2CC3CCC2[C@@H]3N)cc2nc(-c3cc4cccnc4n3CC3CC3)n(CC3CCN(c4ccnc(C#N)n4)CC3)c12. The molecule has 0 radical (unpaired) electrons. The fraction of sp³-hybridized carbons (Fsp3) is 0.459. The summed E-state index contributed by atoms with van der Waals surface area (Å²) in [5.74, 6) is 3.90. The second-order valence-electron chi connectivity index (χ2n) is 14.3. The maximum Gasteiger partial charge on any atom is 0.254 e. The lowest BCUT2D eigenvalue weighted by Gasteiger charge is -2.33. The van der Waals surface area contributed by atoms with Crippen LogP contribution >= 0.6 is 0 Å². The molecule has 2 unspecified atom stereocenters. The maximum atomic E-state index is 14.0. The van der Waals surface area contributed by atoms with Crippen LogP contribution in [0.4, 0.5) is 5.82 Å². The minimum atomic E-state index is 0.00245. The van der Waals surface area contributed by atoms with Crippen molar-refractivity contribution >= 4 is 33.8 Å². The zero-order chi connectivity index (χ0) is 33.2. The predicted molar refractivity (Wildman–Crippen MR) is 185 cm³/mol. The first-order valence-electron chi connectivity index (χ1n) is 17.6. The van der Waals surface area contributed by atoms with Crippen molar-refractivity contribution in [2.45, 2.75) is 63.7 Å². The highest BCUT2D eigenvalue weighted by Gasteiger charge is 2.47. The Labute approximate surface area is 284 Å². The molecular weight excluding hydrogens is 616 g/mol. The average Bonchev–Trinajstić information content (AvgIpc) is 3.51. The molecule has 9 rings (SSSR count). The molecule has 3 atom stereocenters. The van der Waals surface area contributed by atoms with Crippen molar-refractivity contribution in [3.05, 3.63) is 60.2 Å². The Morgan fingerprint density at radius 2 is 1.80 bits per heavy atom. The molecule has 1 amide bonds. The van der Waals surface area contributed by atoms with Crippen LogP contribution in [0.2, 0.25) is 0 Å². The van der Waals surface area contributed by atoms with E-state index >= 15 is 0 Å². The number of hydrogen-bond donors (Lipinski definition) is 1. The van der Waals surface area contributed by atoms with Crippen LogP contribution in [0.3, 0.4) is 0 Å². The number of ether oxygens (including phenoxy) is 1. The number of nitrogens with two attached hydrogens (primary N) is 1. The summed E-state index contributed by atoms with van der Waals surface area (Å²) in [6, 6.07) is 14.2. The molecule has 6 heterocycles. The number of methoxy groups -OCH3 is 1. The summed E-state index contributed by atoms with van der Waals surface area (Å²) in [5.41, 5.74) is 10.8. The molecule has 2 saturated heterocycles. The van der Waals surface area contributed by atoms with Gasteiger partial charge in [0.25, 0.3) is 5.91 Å². The van der Waals surface area contributed by atoms with Crippen molar-refractivity contribution in [3.8, 4) is 23.3 Å². The minimum absolute atomic E-state index is 0.00245. The molecule has 4 aromatic heterocycles. The molecule has 12 heteroatoms. The average molecular weight is 657 g/mol. The van der Waals surface area contributed by atoms with Gasteiger partial charge in [-0.2, -0.15) is 5.26 Å². The number of aromatic nitrogens is 6. The number of pyridine rings is 1. The van der Waals surface area contributed by atoms with Gasteiger partial charge in [0.15, 0.2) is 5.82 Å². The molecule has 2 bridgehead atoms. The molecule has 2 aliphatic carbocycles. The molecule has 2 aliphatic heterocycles. The number of likely N-dealkylation sites (tertiary alicyclic amines) is 1. The number of benzene rings is 1. The highest BCUT2D eigenvalue weighted by molar-refractivity contribution is 6.00. The number of imidazole rings is 1. The van der Waals surface area contributed by atoms with Crippen LogP contribution in [0.15, 0.2) is 48.8 Å². The number of anilines is 1. The fourth-order valence-electron chi connectivity index (χ4n) is 8.53. The van der Waals surface area contributed by atoms with E-state index in [0.717, 1.165) is 91.3 Å². The van der Waals surface area contributed by atoms with Crippen LogP contribution < -0.4 is 15.4 Å². The van der Waals surface area contributed by atoms with E-state index in [9.17, 15) is 10.1 Å². The number of nitriles is 1. The van der Waals surface area contributed by atoms with E-state index in [2.05, 4.69) is 42.2 Å². The molecule has 0 spiro atoms. The molecule has 49 heavy (non-hydrogen) atoms. The maximum absolute atomic E-state index is 14.0. The molecule has 2 saturated carbocycles. The zero-order valence-corrected chi connectivity index (χ0v) is 27.7. The van der Waals surface area contributed by atoms with E-state index in [0.29, 0.717) is 35.6 Å². The van der Waals surface area contributed by atoms with Gasteiger partial charge in [0, 0.05) is 68.2 Å². The van der Waals surface area contributed by atoms with Gasteiger partial charge in [0.1, 0.15) is 28.8 Å². The normalized spacial score (nSPS) is 22.3. The third-order valence-corrected chi connectivity index (χ3v) is 11.3. The lowest BCUT2D eigenvalue weighted by atomic mass is 9.96. The van der Waals surface area contributed by atoms with Gasteiger partial charge in [-0.05, 0) is 92.7 Å². The van der Waals surface area contributed by atoms with E-state index in [1.807, 2.05) is 35.4 Å². The number of carbonyl (C=O) groups excluding carboxylic acids is 1. The van der Waals surface area contributed by atoms with E-state index in [4.69, 9.17) is 20.4 Å². The second kappa shape index (κ2) is 11.8. The van der Waals surface area contributed by atoms with Gasteiger partial charge in [-0.15, -0.1) is 0 Å². The molecule has 1 aromatic carbocycles. The van der Waals surface area contributed by atoms with Gasteiger partial charge < -0.3 is 29.4 Å². The summed E-state index contributed by atoms with van der Waals surface area (Å²) in [5, 5.41) is 10.4. The van der Waals surface area contributed by atoms with Crippen LogP contribution in [0, 0.1) is 29.1 Å². The molecule has 4 fully saturated rings. The summed E-state index contributed by atoms with van der Waals surface area (Å²) in [6.45, 7) is 4.02. The van der Waals surface area contributed by atoms with Crippen molar-refractivity contribution < 1.29 is 9.53 Å². The fourth-order valence-corrected chi connectivity index (χ4v) is 8.53. The second-order valence-corrected chi connectivity index (χ2v) is 14.3. The van der Waals surface area contributed by atoms with Gasteiger partial charge in [-0.25, -0.2) is 19.9 Å². The molecule has 250 valence electrons. The van der Waals surface area contributed by atoms with Crippen molar-refractivity contribution in [1.29, 1.82) is 5.26 Å². The molecular formula is C37H40N10O2. The van der Waals surface area contributed by atoms with Crippen LogP contribution in [0.5, 0.6) is 5.75 Å². The summed E-state index contributed by atoms with van der Waals surface area (Å²) in [6.07, 6.45) is 9.93. The zero-order valence-electron chi connectivity index (χ0n) is 27.7. The monoisotopic (exact) mass is 656 g/mol. The lowest BCUT2D eigenvalue weighted by molar-refractivity contribution is 0.0700. The number of piperidine rings is 2. The summed E-state index contributed by atoms with van der Waals surface area (Å²) >= 11 is 0. The van der Waals surface area contributed by atoms with E-state index in [1.54, 1.807) is 13.3 Å². The van der Waals surface area contributed by atoms with E-state index < -0.39 is 0 Å².